The number of carbonyl (C=O) groups is 1. The minimum atomic E-state index is -0.0140. The fourth-order valence-corrected chi connectivity index (χ4v) is 1.26. The van der Waals surface area contributed by atoms with Crippen LogP contribution >= 0.6 is 0 Å². The molecule has 1 N–H and O–H groups in total. The minimum absolute atomic E-state index is 0.0140. The van der Waals surface area contributed by atoms with Crippen molar-refractivity contribution in [2.24, 2.45) is 0 Å². The van der Waals surface area contributed by atoms with Crippen LogP contribution in [0.5, 0.6) is 0 Å². The second-order valence-corrected chi connectivity index (χ2v) is 3.41. The lowest BCUT2D eigenvalue weighted by Gasteiger charge is -1.97. The zero-order valence-electron chi connectivity index (χ0n) is 9.23. The van der Waals surface area contributed by atoms with E-state index in [9.17, 15) is 4.79 Å². The van der Waals surface area contributed by atoms with E-state index in [4.69, 9.17) is 5.26 Å². The third-order valence-electron chi connectivity index (χ3n) is 2.01. The topological polar surface area (TPSA) is 52.9 Å². The molecule has 1 aromatic carbocycles. The summed E-state index contributed by atoms with van der Waals surface area (Å²) < 4.78 is 0. The predicted molar refractivity (Wildman–Crippen MR) is 63.5 cm³/mol. The third kappa shape index (κ3) is 4.43. The van der Waals surface area contributed by atoms with Crippen molar-refractivity contribution in [2.45, 2.75) is 13.3 Å². The molecule has 1 aromatic rings. The minimum Gasteiger partial charge on any atom is -0.356 e. The average molecular weight is 214 g/mol. The van der Waals surface area contributed by atoms with Crippen LogP contribution in [0.2, 0.25) is 0 Å². The Labute approximate surface area is 95.4 Å². The molecule has 0 unspecified atom stereocenters. The first-order chi connectivity index (χ1) is 7.72. The summed E-state index contributed by atoms with van der Waals surface area (Å²) in [5, 5.41) is 11.4. The Kier molecular flexibility index (Phi) is 4.81. The maximum absolute atomic E-state index is 10.6. The van der Waals surface area contributed by atoms with Crippen molar-refractivity contribution in [2.75, 3.05) is 6.54 Å². The Hall–Kier alpha value is -2.08. The molecule has 0 saturated carbocycles. The molecule has 3 heteroatoms. The normalized spacial score (nSPS) is 10.0. The van der Waals surface area contributed by atoms with E-state index in [1.807, 2.05) is 30.4 Å². The summed E-state index contributed by atoms with van der Waals surface area (Å²) in [5.74, 6) is -0.0140. The Bertz CT molecular complexity index is 430. The van der Waals surface area contributed by atoms with Gasteiger partial charge in [0.25, 0.3) is 0 Å². The van der Waals surface area contributed by atoms with Crippen molar-refractivity contribution in [3.05, 3.63) is 41.5 Å². The van der Waals surface area contributed by atoms with E-state index in [1.165, 1.54) is 6.92 Å². The van der Waals surface area contributed by atoms with E-state index >= 15 is 0 Å². The van der Waals surface area contributed by atoms with Gasteiger partial charge in [0.2, 0.25) is 5.91 Å². The molecule has 0 aliphatic rings. The van der Waals surface area contributed by atoms with E-state index in [2.05, 4.69) is 11.4 Å². The Balaban J connectivity index is 2.44. The van der Waals surface area contributed by atoms with E-state index in [0.29, 0.717) is 12.1 Å². The van der Waals surface area contributed by atoms with Crippen LogP contribution in [-0.2, 0) is 4.79 Å². The summed E-state index contributed by atoms with van der Waals surface area (Å²) in [4.78, 5) is 10.6. The summed E-state index contributed by atoms with van der Waals surface area (Å²) in [6, 6.07) is 9.49. The van der Waals surface area contributed by atoms with Gasteiger partial charge in [-0.05, 0) is 24.1 Å². The summed E-state index contributed by atoms with van der Waals surface area (Å²) in [6.45, 7) is 2.14. The van der Waals surface area contributed by atoms with Crippen molar-refractivity contribution >= 4 is 12.0 Å². The molecule has 0 aliphatic carbocycles. The smallest absolute Gasteiger partial charge is 0.216 e. The van der Waals surface area contributed by atoms with Crippen molar-refractivity contribution in [3.8, 4) is 6.07 Å². The van der Waals surface area contributed by atoms with Gasteiger partial charge in [-0.3, -0.25) is 4.79 Å². The van der Waals surface area contributed by atoms with Crippen LogP contribution in [0.15, 0.2) is 30.3 Å². The van der Waals surface area contributed by atoms with Gasteiger partial charge < -0.3 is 5.32 Å². The molecule has 0 radical (unpaired) electrons. The molecule has 82 valence electrons. The van der Waals surface area contributed by atoms with Gasteiger partial charge in [-0.2, -0.15) is 5.26 Å². The van der Waals surface area contributed by atoms with Crippen LogP contribution in [-0.4, -0.2) is 12.5 Å². The molecule has 3 nitrogen and oxygen atoms in total. The van der Waals surface area contributed by atoms with Crippen LogP contribution in [0.4, 0.5) is 0 Å². The monoisotopic (exact) mass is 214 g/mol. The average Bonchev–Trinajstić information content (AvgIpc) is 2.28. The van der Waals surface area contributed by atoms with E-state index < -0.39 is 0 Å². The fourth-order valence-electron chi connectivity index (χ4n) is 1.26. The van der Waals surface area contributed by atoms with Crippen LogP contribution in [0, 0.1) is 11.3 Å². The van der Waals surface area contributed by atoms with Crippen LogP contribution in [0.25, 0.3) is 6.08 Å². The van der Waals surface area contributed by atoms with Crippen LogP contribution in [0.1, 0.15) is 24.5 Å². The number of carbonyl (C=O) groups excluding carboxylic acids is 1. The SMILES string of the molecule is CC(=O)NCCC=Cc1cccc(C#N)c1. The highest BCUT2D eigenvalue weighted by Crippen LogP contribution is 2.06. The lowest BCUT2D eigenvalue weighted by atomic mass is 10.1. The highest BCUT2D eigenvalue weighted by Gasteiger charge is 1.91. The molecule has 0 heterocycles. The molecule has 16 heavy (non-hydrogen) atoms. The first kappa shape index (κ1) is 12.0. The lowest BCUT2D eigenvalue weighted by Crippen LogP contribution is -2.20. The second kappa shape index (κ2) is 6.41. The number of hydrogen-bond donors (Lipinski definition) is 1. The third-order valence-corrected chi connectivity index (χ3v) is 2.01. The standard InChI is InChI=1S/C13H14N2O/c1-11(16)15-8-3-2-5-12-6-4-7-13(9-12)10-14/h2,4-7,9H,3,8H2,1H3,(H,15,16). The molecule has 1 amide bonds. The quantitative estimate of drug-likeness (QED) is 0.780. The van der Waals surface area contributed by atoms with Crippen molar-refractivity contribution < 1.29 is 4.79 Å². The largest absolute Gasteiger partial charge is 0.356 e. The zero-order chi connectivity index (χ0) is 11.8. The van der Waals surface area contributed by atoms with Crippen molar-refractivity contribution in [3.63, 3.8) is 0 Å². The highest BCUT2D eigenvalue weighted by molar-refractivity contribution is 5.72. The molecule has 0 aliphatic heterocycles. The molecule has 1 rings (SSSR count). The summed E-state index contributed by atoms with van der Waals surface area (Å²) in [5.41, 5.74) is 1.66. The number of nitrogens with zero attached hydrogens (tertiary/aromatic N) is 1. The Morgan fingerprint density at radius 3 is 3.06 bits per heavy atom. The van der Waals surface area contributed by atoms with Gasteiger partial charge in [0.1, 0.15) is 0 Å². The number of rotatable bonds is 4. The predicted octanol–water partition coefficient (Wildman–Crippen LogP) is 2.10. The highest BCUT2D eigenvalue weighted by atomic mass is 16.1. The molecular weight excluding hydrogens is 200 g/mol. The Morgan fingerprint density at radius 1 is 1.56 bits per heavy atom. The molecule has 0 atom stereocenters. The van der Waals surface area contributed by atoms with E-state index in [0.717, 1.165) is 12.0 Å². The van der Waals surface area contributed by atoms with Gasteiger partial charge in [0, 0.05) is 13.5 Å². The number of nitrogens with one attached hydrogen (secondary N) is 1. The lowest BCUT2D eigenvalue weighted by molar-refractivity contribution is -0.118. The number of amides is 1. The summed E-state index contributed by atoms with van der Waals surface area (Å²) in [6.07, 6.45) is 4.71. The van der Waals surface area contributed by atoms with Gasteiger partial charge in [0.15, 0.2) is 0 Å². The van der Waals surface area contributed by atoms with Gasteiger partial charge >= 0.3 is 0 Å². The molecule has 0 bridgehead atoms. The molecule has 0 aromatic heterocycles. The number of benzene rings is 1. The molecule has 0 saturated heterocycles. The van der Waals surface area contributed by atoms with Gasteiger partial charge in [-0.15, -0.1) is 0 Å². The van der Waals surface area contributed by atoms with Crippen molar-refractivity contribution in [1.82, 2.24) is 5.32 Å². The second-order valence-electron chi connectivity index (χ2n) is 3.41. The van der Waals surface area contributed by atoms with Gasteiger partial charge in [0.05, 0.1) is 11.6 Å². The van der Waals surface area contributed by atoms with Crippen molar-refractivity contribution in [1.29, 1.82) is 5.26 Å². The number of nitriles is 1. The first-order valence-electron chi connectivity index (χ1n) is 5.13. The molecular formula is C13H14N2O. The van der Waals surface area contributed by atoms with E-state index in [-0.39, 0.29) is 5.91 Å². The Morgan fingerprint density at radius 2 is 2.38 bits per heavy atom. The summed E-state index contributed by atoms with van der Waals surface area (Å²) >= 11 is 0. The van der Waals surface area contributed by atoms with Crippen LogP contribution in [0.3, 0.4) is 0 Å². The maximum Gasteiger partial charge on any atom is 0.216 e. The summed E-state index contributed by atoms with van der Waals surface area (Å²) in [7, 11) is 0. The van der Waals surface area contributed by atoms with Gasteiger partial charge in [-0.25, -0.2) is 0 Å². The van der Waals surface area contributed by atoms with Gasteiger partial charge in [-0.1, -0.05) is 24.3 Å². The zero-order valence-corrected chi connectivity index (χ0v) is 9.23. The fraction of sp³-hybridized carbons (Fsp3) is 0.231. The van der Waals surface area contributed by atoms with Crippen LogP contribution < -0.4 is 5.32 Å². The molecule has 0 spiro atoms. The maximum atomic E-state index is 10.6. The van der Waals surface area contributed by atoms with E-state index in [1.54, 1.807) is 6.07 Å². The first-order valence-corrected chi connectivity index (χ1v) is 5.13. The number of hydrogen-bond acceptors (Lipinski definition) is 2. The molecule has 0 fully saturated rings.